The van der Waals surface area contributed by atoms with Crippen molar-refractivity contribution in [3.05, 3.63) is 46.3 Å². The standard InChI is InChI=1S/C15H11FN2O4/c16-10-4-3-9(6-11(10)18(21)22)17-14(19)12-7-1-2-8(5-7)13(12)15(17)20/h1-4,6-8,12-13H,5H2/t7-,8+,12?,13?. The monoisotopic (exact) mass is 302 g/mol. The van der Waals surface area contributed by atoms with E-state index in [1.54, 1.807) is 0 Å². The number of benzene rings is 1. The molecule has 1 heterocycles. The zero-order valence-electron chi connectivity index (χ0n) is 11.3. The molecule has 4 rings (SSSR count). The van der Waals surface area contributed by atoms with Crippen LogP contribution < -0.4 is 4.90 Å². The molecule has 1 saturated carbocycles. The van der Waals surface area contributed by atoms with Crippen LogP contribution in [0.4, 0.5) is 15.8 Å². The summed E-state index contributed by atoms with van der Waals surface area (Å²) in [7, 11) is 0. The maximum Gasteiger partial charge on any atom is 0.306 e. The van der Waals surface area contributed by atoms with Crippen molar-refractivity contribution >= 4 is 23.2 Å². The molecule has 0 radical (unpaired) electrons. The van der Waals surface area contributed by atoms with Gasteiger partial charge < -0.3 is 0 Å². The van der Waals surface area contributed by atoms with Crippen LogP contribution in [-0.2, 0) is 9.59 Å². The van der Waals surface area contributed by atoms with E-state index in [2.05, 4.69) is 0 Å². The Labute approximate surface area is 124 Å². The van der Waals surface area contributed by atoms with Crippen LogP contribution in [0.15, 0.2) is 30.4 Å². The summed E-state index contributed by atoms with van der Waals surface area (Å²) in [6.07, 6.45) is 4.74. The molecule has 3 aliphatic rings. The van der Waals surface area contributed by atoms with Crippen LogP contribution in [-0.4, -0.2) is 16.7 Å². The third-order valence-corrected chi connectivity index (χ3v) is 4.85. The Morgan fingerprint density at radius 3 is 2.27 bits per heavy atom. The fourth-order valence-electron chi connectivity index (χ4n) is 3.94. The van der Waals surface area contributed by atoms with Gasteiger partial charge in [-0.15, -0.1) is 0 Å². The Balaban J connectivity index is 1.76. The van der Waals surface area contributed by atoms with Crippen molar-refractivity contribution in [1.82, 2.24) is 0 Å². The van der Waals surface area contributed by atoms with Gasteiger partial charge in [-0.25, -0.2) is 4.90 Å². The number of fused-ring (bicyclic) bond motifs is 5. The van der Waals surface area contributed by atoms with Gasteiger partial charge in [0, 0.05) is 6.07 Å². The van der Waals surface area contributed by atoms with Crippen LogP contribution in [0.2, 0.25) is 0 Å². The lowest BCUT2D eigenvalue weighted by molar-refractivity contribution is -0.387. The van der Waals surface area contributed by atoms with Crippen molar-refractivity contribution in [2.24, 2.45) is 23.7 Å². The van der Waals surface area contributed by atoms with Crippen molar-refractivity contribution in [1.29, 1.82) is 0 Å². The van der Waals surface area contributed by atoms with Gasteiger partial charge in [0.15, 0.2) is 0 Å². The molecule has 4 atom stereocenters. The molecule has 1 saturated heterocycles. The van der Waals surface area contributed by atoms with E-state index in [1.807, 2.05) is 12.2 Å². The Hall–Kier alpha value is -2.57. The van der Waals surface area contributed by atoms with Crippen LogP contribution in [0.25, 0.3) is 0 Å². The molecule has 112 valence electrons. The predicted molar refractivity (Wildman–Crippen MR) is 73.3 cm³/mol. The van der Waals surface area contributed by atoms with E-state index in [9.17, 15) is 24.1 Å². The van der Waals surface area contributed by atoms with Crippen LogP contribution in [0.3, 0.4) is 0 Å². The number of anilines is 1. The van der Waals surface area contributed by atoms with Gasteiger partial charge in [-0.3, -0.25) is 19.7 Å². The molecule has 2 unspecified atom stereocenters. The number of carbonyl (C=O) groups excluding carboxylic acids is 2. The van der Waals surface area contributed by atoms with Gasteiger partial charge in [0.25, 0.3) is 0 Å². The summed E-state index contributed by atoms with van der Waals surface area (Å²) in [6, 6.07) is 3.09. The fourth-order valence-corrected chi connectivity index (χ4v) is 3.94. The minimum absolute atomic E-state index is 0.0619. The fraction of sp³-hybridized carbons (Fsp3) is 0.333. The lowest BCUT2D eigenvalue weighted by atomic mass is 9.85. The van der Waals surface area contributed by atoms with Crippen LogP contribution >= 0.6 is 0 Å². The van der Waals surface area contributed by atoms with Crippen molar-refractivity contribution in [3.8, 4) is 0 Å². The van der Waals surface area contributed by atoms with Gasteiger partial charge in [-0.05, 0) is 30.4 Å². The lowest BCUT2D eigenvalue weighted by Gasteiger charge is -2.17. The molecule has 0 aromatic heterocycles. The smallest absolute Gasteiger partial charge is 0.274 e. The first-order chi connectivity index (χ1) is 10.5. The maximum absolute atomic E-state index is 13.4. The largest absolute Gasteiger partial charge is 0.306 e. The van der Waals surface area contributed by atoms with Gasteiger partial charge in [0.05, 0.1) is 22.4 Å². The highest BCUT2D eigenvalue weighted by Gasteiger charge is 2.59. The topological polar surface area (TPSA) is 80.5 Å². The molecule has 0 spiro atoms. The third kappa shape index (κ3) is 1.53. The summed E-state index contributed by atoms with van der Waals surface area (Å²) in [4.78, 5) is 36.1. The number of nitro benzene ring substituents is 1. The Bertz CT molecular complexity index is 730. The lowest BCUT2D eigenvalue weighted by Crippen LogP contribution is -2.32. The van der Waals surface area contributed by atoms with Crippen LogP contribution in [0.5, 0.6) is 0 Å². The molecule has 7 heteroatoms. The Morgan fingerprint density at radius 2 is 1.73 bits per heavy atom. The SMILES string of the molecule is O=C1C2C(C(=O)N1c1ccc(F)c([N+](=O)[O-])c1)[C@H]1C=C[C@@H]2C1. The van der Waals surface area contributed by atoms with Crippen molar-refractivity contribution in [2.75, 3.05) is 4.90 Å². The number of nitrogens with zero attached hydrogens (tertiary/aromatic N) is 2. The first-order valence-corrected chi connectivity index (χ1v) is 6.99. The molecule has 1 aromatic rings. The first-order valence-electron chi connectivity index (χ1n) is 6.99. The second-order valence-corrected chi connectivity index (χ2v) is 5.90. The highest BCUT2D eigenvalue weighted by molar-refractivity contribution is 6.22. The van der Waals surface area contributed by atoms with Gasteiger partial charge in [-0.2, -0.15) is 4.39 Å². The van der Waals surface area contributed by atoms with E-state index >= 15 is 0 Å². The molecule has 2 bridgehead atoms. The maximum atomic E-state index is 13.4. The molecule has 2 aliphatic carbocycles. The summed E-state index contributed by atoms with van der Waals surface area (Å²) in [5, 5.41) is 10.8. The number of amides is 2. The normalized spacial score (nSPS) is 32.0. The van der Waals surface area contributed by atoms with Gasteiger partial charge in [0.1, 0.15) is 0 Å². The number of halogens is 1. The third-order valence-electron chi connectivity index (χ3n) is 4.85. The zero-order valence-corrected chi connectivity index (χ0v) is 11.3. The highest BCUT2D eigenvalue weighted by atomic mass is 19.1. The van der Waals surface area contributed by atoms with Crippen molar-refractivity contribution in [2.45, 2.75) is 6.42 Å². The zero-order chi connectivity index (χ0) is 15.6. The molecule has 0 N–H and O–H groups in total. The molecule has 2 amide bonds. The highest BCUT2D eigenvalue weighted by Crippen LogP contribution is 2.53. The van der Waals surface area contributed by atoms with Gasteiger partial charge in [0.2, 0.25) is 17.6 Å². The minimum atomic E-state index is -0.991. The average molecular weight is 302 g/mol. The van der Waals surface area contributed by atoms with Crippen molar-refractivity contribution < 1.29 is 18.9 Å². The number of hydrogen-bond donors (Lipinski definition) is 0. The van der Waals surface area contributed by atoms with Crippen LogP contribution in [0.1, 0.15) is 6.42 Å². The quantitative estimate of drug-likeness (QED) is 0.362. The number of carbonyl (C=O) groups is 2. The first kappa shape index (κ1) is 13.1. The summed E-state index contributed by atoms with van der Waals surface area (Å²) in [6.45, 7) is 0. The van der Waals surface area contributed by atoms with E-state index in [0.717, 1.165) is 23.5 Å². The number of imide groups is 1. The van der Waals surface area contributed by atoms with Crippen LogP contribution in [0, 0.1) is 39.6 Å². The molecule has 1 aliphatic heterocycles. The number of rotatable bonds is 2. The summed E-state index contributed by atoms with van der Waals surface area (Å²) < 4.78 is 13.4. The Kier molecular flexibility index (Phi) is 2.52. The summed E-state index contributed by atoms with van der Waals surface area (Å²) >= 11 is 0. The molecule has 2 fully saturated rings. The van der Waals surface area contributed by atoms with E-state index in [4.69, 9.17) is 0 Å². The molecule has 6 nitrogen and oxygen atoms in total. The number of hydrogen-bond acceptors (Lipinski definition) is 4. The molecular formula is C15H11FN2O4. The number of allylic oxidation sites excluding steroid dienone is 2. The molecule has 1 aromatic carbocycles. The average Bonchev–Trinajstić information content (AvgIpc) is 3.14. The van der Waals surface area contributed by atoms with E-state index in [0.29, 0.717) is 0 Å². The van der Waals surface area contributed by atoms with Gasteiger partial charge >= 0.3 is 5.69 Å². The summed E-state index contributed by atoms with van der Waals surface area (Å²) in [5.41, 5.74) is -0.673. The van der Waals surface area contributed by atoms with Gasteiger partial charge in [-0.1, -0.05) is 12.2 Å². The minimum Gasteiger partial charge on any atom is -0.274 e. The summed E-state index contributed by atoms with van der Waals surface area (Å²) in [5.74, 6) is -2.31. The molecule has 22 heavy (non-hydrogen) atoms. The van der Waals surface area contributed by atoms with E-state index in [1.165, 1.54) is 6.07 Å². The molecular weight excluding hydrogens is 291 g/mol. The predicted octanol–water partition coefficient (Wildman–Crippen LogP) is 2.05. The van der Waals surface area contributed by atoms with Crippen molar-refractivity contribution in [3.63, 3.8) is 0 Å². The number of nitro groups is 1. The van der Waals surface area contributed by atoms with E-state index in [-0.39, 0.29) is 41.2 Å². The second kappa shape index (κ2) is 4.22. The second-order valence-electron chi connectivity index (χ2n) is 5.90. The van der Waals surface area contributed by atoms with E-state index < -0.39 is 16.4 Å². The Morgan fingerprint density at radius 1 is 1.14 bits per heavy atom.